The molecule has 0 atom stereocenters. The standard InChI is InChI=1S/C11H13F3N4O2S/c12-11(13,14)10-17-8-6-7(15)2-3-9(8)18(10)4-1-5-21(16,19)20/h2-3,6H,1,4-5,15H2,(H2,16,19,20). The predicted octanol–water partition coefficient (Wildman–Crippen LogP) is 1.32. The largest absolute Gasteiger partial charge is 0.449 e. The first-order chi connectivity index (χ1) is 9.58. The summed E-state index contributed by atoms with van der Waals surface area (Å²) in [6.07, 6.45) is -4.69. The van der Waals surface area contributed by atoms with Gasteiger partial charge in [0.25, 0.3) is 0 Å². The van der Waals surface area contributed by atoms with Crippen LogP contribution in [0.2, 0.25) is 0 Å². The average molecular weight is 322 g/mol. The maximum Gasteiger partial charge on any atom is 0.449 e. The molecule has 0 bridgehead atoms. The number of imidazole rings is 1. The van der Waals surface area contributed by atoms with Crippen molar-refractivity contribution in [3.63, 3.8) is 0 Å². The van der Waals surface area contributed by atoms with Crippen LogP contribution in [0.5, 0.6) is 0 Å². The summed E-state index contributed by atoms with van der Waals surface area (Å²) >= 11 is 0. The number of nitrogens with zero attached hydrogens (tertiary/aromatic N) is 2. The summed E-state index contributed by atoms with van der Waals surface area (Å²) in [6, 6.07) is 4.21. The molecule has 0 unspecified atom stereocenters. The molecule has 6 nitrogen and oxygen atoms in total. The lowest BCUT2D eigenvalue weighted by atomic mass is 10.3. The number of hydrogen-bond donors (Lipinski definition) is 2. The molecule has 0 amide bonds. The van der Waals surface area contributed by atoms with Gasteiger partial charge < -0.3 is 10.3 Å². The van der Waals surface area contributed by atoms with Gasteiger partial charge in [-0.2, -0.15) is 13.2 Å². The Balaban J connectivity index is 2.43. The minimum absolute atomic E-state index is 0.0439. The van der Waals surface area contributed by atoms with Gasteiger partial charge in [-0.25, -0.2) is 18.5 Å². The Labute approximate surface area is 118 Å². The first-order valence-corrected chi connectivity index (χ1v) is 7.63. The van der Waals surface area contributed by atoms with Gasteiger partial charge in [0, 0.05) is 12.2 Å². The molecule has 0 saturated heterocycles. The van der Waals surface area contributed by atoms with E-state index in [1.807, 2.05) is 0 Å². The van der Waals surface area contributed by atoms with Gasteiger partial charge in [0.1, 0.15) is 0 Å². The molecule has 0 saturated carbocycles. The van der Waals surface area contributed by atoms with E-state index in [1.54, 1.807) is 0 Å². The van der Waals surface area contributed by atoms with E-state index in [1.165, 1.54) is 18.2 Å². The molecule has 0 radical (unpaired) electrons. The van der Waals surface area contributed by atoms with Crippen LogP contribution in [-0.2, 0) is 22.7 Å². The van der Waals surface area contributed by atoms with Crippen LogP contribution in [0.15, 0.2) is 18.2 Å². The Morgan fingerprint density at radius 2 is 1.95 bits per heavy atom. The number of primary sulfonamides is 1. The molecule has 21 heavy (non-hydrogen) atoms. The number of hydrogen-bond acceptors (Lipinski definition) is 4. The highest BCUT2D eigenvalue weighted by atomic mass is 32.2. The lowest BCUT2D eigenvalue weighted by Crippen LogP contribution is -2.20. The van der Waals surface area contributed by atoms with Crippen molar-refractivity contribution in [1.82, 2.24) is 9.55 Å². The first-order valence-electron chi connectivity index (χ1n) is 5.91. The third-order valence-electron chi connectivity index (χ3n) is 2.84. The molecular weight excluding hydrogens is 309 g/mol. The first kappa shape index (κ1) is 15.6. The fraction of sp³-hybridized carbons (Fsp3) is 0.364. The molecule has 0 spiro atoms. The number of rotatable bonds is 4. The zero-order chi connectivity index (χ0) is 15.8. The average Bonchev–Trinajstić information content (AvgIpc) is 2.65. The molecule has 1 aromatic heterocycles. The van der Waals surface area contributed by atoms with Gasteiger partial charge in [-0.05, 0) is 24.6 Å². The quantitative estimate of drug-likeness (QED) is 0.828. The SMILES string of the molecule is Nc1ccc2c(c1)nc(C(F)(F)F)n2CCCS(N)(=O)=O. The van der Waals surface area contributed by atoms with Gasteiger partial charge in [-0.15, -0.1) is 0 Å². The number of aryl methyl sites for hydroxylation is 1. The van der Waals surface area contributed by atoms with Crippen LogP contribution in [0.3, 0.4) is 0 Å². The lowest BCUT2D eigenvalue weighted by Gasteiger charge is -2.11. The van der Waals surface area contributed by atoms with Crippen LogP contribution in [-0.4, -0.2) is 23.7 Å². The summed E-state index contributed by atoms with van der Waals surface area (Å²) in [7, 11) is -3.72. The summed E-state index contributed by atoms with van der Waals surface area (Å²) < 4.78 is 61.6. The summed E-state index contributed by atoms with van der Waals surface area (Å²) in [5.74, 6) is -1.49. The second-order valence-electron chi connectivity index (χ2n) is 4.55. The van der Waals surface area contributed by atoms with E-state index in [9.17, 15) is 21.6 Å². The van der Waals surface area contributed by atoms with Gasteiger partial charge in [-0.3, -0.25) is 0 Å². The minimum Gasteiger partial charge on any atom is -0.399 e. The van der Waals surface area contributed by atoms with Gasteiger partial charge in [-0.1, -0.05) is 0 Å². The fourth-order valence-electron chi connectivity index (χ4n) is 2.01. The Bertz CT molecular complexity index is 768. The van der Waals surface area contributed by atoms with Crippen molar-refractivity contribution in [3.8, 4) is 0 Å². The molecule has 0 aliphatic carbocycles. The molecule has 116 valence electrons. The highest BCUT2D eigenvalue weighted by molar-refractivity contribution is 7.89. The van der Waals surface area contributed by atoms with Gasteiger partial charge in [0.2, 0.25) is 15.8 Å². The van der Waals surface area contributed by atoms with Crippen molar-refractivity contribution in [2.45, 2.75) is 19.1 Å². The van der Waals surface area contributed by atoms with E-state index in [0.717, 1.165) is 4.57 Å². The highest BCUT2D eigenvalue weighted by Crippen LogP contribution is 2.32. The Morgan fingerprint density at radius 3 is 2.52 bits per heavy atom. The maximum absolute atomic E-state index is 13.0. The van der Waals surface area contributed by atoms with Crippen molar-refractivity contribution >= 4 is 26.7 Å². The summed E-state index contributed by atoms with van der Waals surface area (Å²) in [4.78, 5) is 3.54. The van der Waals surface area contributed by atoms with Crippen LogP contribution in [0.4, 0.5) is 18.9 Å². The number of nitrogen functional groups attached to an aromatic ring is 1. The van der Waals surface area contributed by atoms with Crippen LogP contribution < -0.4 is 10.9 Å². The smallest absolute Gasteiger partial charge is 0.399 e. The number of sulfonamides is 1. The predicted molar refractivity (Wildman–Crippen MR) is 71.7 cm³/mol. The third-order valence-corrected chi connectivity index (χ3v) is 3.69. The molecular formula is C11H13F3N4O2S. The van der Waals surface area contributed by atoms with E-state index in [2.05, 4.69) is 4.98 Å². The van der Waals surface area contributed by atoms with Crippen LogP contribution in [0.25, 0.3) is 11.0 Å². The van der Waals surface area contributed by atoms with E-state index < -0.39 is 27.8 Å². The molecule has 1 heterocycles. The number of aromatic nitrogens is 2. The van der Waals surface area contributed by atoms with Crippen LogP contribution in [0, 0.1) is 0 Å². The lowest BCUT2D eigenvalue weighted by molar-refractivity contribution is -0.146. The molecule has 0 aliphatic heterocycles. The van der Waals surface area contributed by atoms with E-state index >= 15 is 0 Å². The Kier molecular flexibility index (Phi) is 3.85. The monoisotopic (exact) mass is 322 g/mol. The second kappa shape index (κ2) is 5.19. The summed E-state index contributed by atoms with van der Waals surface area (Å²) in [5, 5.41) is 4.84. The van der Waals surface area contributed by atoms with Gasteiger partial charge in [0.05, 0.1) is 16.8 Å². The Hall–Kier alpha value is -1.81. The third kappa shape index (κ3) is 3.64. The molecule has 0 fully saturated rings. The normalized spacial score (nSPS) is 13.0. The van der Waals surface area contributed by atoms with Crippen molar-refractivity contribution in [2.24, 2.45) is 5.14 Å². The van der Waals surface area contributed by atoms with Crippen molar-refractivity contribution in [2.75, 3.05) is 11.5 Å². The number of fused-ring (bicyclic) bond motifs is 1. The van der Waals surface area contributed by atoms with Crippen molar-refractivity contribution in [1.29, 1.82) is 0 Å². The zero-order valence-electron chi connectivity index (χ0n) is 10.8. The molecule has 0 aliphatic rings. The summed E-state index contributed by atoms with van der Waals surface area (Å²) in [5.41, 5.74) is 6.17. The topological polar surface area (TPSA) is 104 Å². The molecule has 1 aromatic carbocycles. The van der Waals surface area contributed by atoms with E-state index in [-0.39, 0.29) is 24.0 Å². The number of nitrogens with two attached hydrogens (primary N) is 2. The number of halogens is 3. The van der Waals surface area contributed by atoms with E-state index in [0.29, 0.717) is 5.69 Å². The molecule has 4 N–H and O–H groups in total. The number of benzene rings is 1. The highest BCUT2D eigenvalue weighted by Gasteiger charge is 2.37. The molecule has 2 rings (SSSR count). The molecule has 10 heteroatoms. The number of alkyl halides is 3. The minimum atomic E-state index is -4.64. The van der Waals surface area contributed by atoms with Crippen molar-refractivity contribution in [3.05, 3.63) is 24.0 Å². The zero-order valence-corrected chi connectivity index (χ0v) is 11.6. The van der Waals surface area contributed by atoms with Crippen LogP contribution >= 0.6 is 0 Å². The van der Waals surface area contributed by atoms with Gasteiger partial charge >= 0.3 is 6.18 Å². The van der Waals surface area contributed by atoms with Crippen molar-refractivity contribution < 1.29 is 21.6 Å². The Morgan fingerprint density at radius 1 is 1.29 bits per heavy atom. The number of anilines is 1. The van der Waals surface area contributed by atoms with Crippen LogP contribution in [0.1, 0.15) is 12.2 Å². The second-order valence-corrected chi connectivity index (χ2v) is 6.29. The van der Waals surface area contributed by atoms with E-state index in [4.69, 9.17) is 10.9 Å². The fourth-order valence-corrected chi connectivity index (χ4v) is 2.54. The maximum atomic E-state index is 13.0. The molecule has 2 aromatic rings. The van der Waals surface area contributed by atoms with Gasteiger partial charge in [0.15, 0.2) is 0 Å². The summed E-state index contributed by atoms with van der Waals surface area (Å²) in [6.45, 7) is -0.161.